The monoisotopic (exact) mass is 2070 g/mol. The number of carboxylic acids is 1. The van der Waals surface area contributed by atoms with Crippen LogP contribution in [-0.4, -0.2) is 241 Å². The van der Waals surface area contributed by atoms with E-state index < -0.39 is 207 Å². The van der Waals surface area contributed by atoms with Crippen LogP contribution in [-0.2, 0) is 100 Å². The molecule has 2 heterocycles. The molecule has 13 atom stereocenters. The SMILES string of the molecule is CC[C@H](C)[C@H](NC(=O)CNC(=O)[C@H](CCSC)NC(=O)[C@H](CCCNC(=N)NS(=O)(=O)c1c(C)c(C)c2c(c1C)CC(C)(C)O2)NC(=O)[C@H](Cc1ccccc1)NC(=O)[C@@H]1CCCN1C(=O)[C@H](C)NC(=O)OCC1c2ccccc2-c2ccccc21)C(=O)N[C@@H](CCSC)C(=O)N[C@H](C(=O)N[C@H](C(=O)N[C@@H](CC(=O)NC(c1ccccc1)(c1ccccc1)c1ccccc1)C(=O)O)[C@@H](C)OC(C)(C)C)[C@@H](C)OC(C)(C)C. The average molecular weight is 2070 g/mol. The van der Waals surface area contributed by atoms with Crippen LogP contribution in [0.2, 0.25) is 0 Å². The van der Waals surface area contributed by atoms with E-state index in [4.69, 9.17) is 24.4 Å². The molecule has 3 aliphatic rings. The number of carbonyl (C=O) groups is 13. The highest BCUT2D eigenvalue weighted by atomic mass is 32.2. The number of benzene rings is 7. The molecule has 1 fully saturated rings. The molecule has 15 N–H and O–H groups in total. The molecule has 7 aromatic rings. The standard InChI is InChI=1S/C108H143N15O20S3/c1-19-63(2)88(98(131)115-82(53-57-145-18)95(128)119-90(69(8)142-106(12,13)14)100(133)120-89(68(7)141-105(9,10)11)99(132)117-84(102(135)136)59-86(124)121-108(71-40-26-21-27-41-71,72-42-28-22-29-43-72)73-44-30-23-31-45-73)118-87(125)61-111-93(126)81(52-56-144-17)114-94(127)80(50-36-54-110-103(109)122-146(138,139)92-65(4)64(3)91-78(66(92)5)60-107(15,16)143-91)113-96(129)83(58-70-38-24-20-25-39-70)116-97(130)85-51-37-55-123(85)101(134)67(6)112-104(137)140-62-79-76-48-34-32-46-74(76)75-47-33-35-49-77(75)79/h20-35,38-49,63,67-69,79-85,88-90H,19,36-37,50-62H2,1-18H3,(H,111,126)(H,112,137)(H,113,129)(H,114,127)(H,115,131)(H,116,130)(H,117,132)(H,118,125)(H,119,128)(H,120,133)(H,121,124)(H,135,136)(H3,109,110,122)/t63-,67-,68+,69+,80-,81-,82-,83-,84-,85-,88-,89-,90-/m0/s1. The van der Waals surface area contributed by atoms with Crippen LogP contribution in [0.3, 0.4) is 0 Å². The summed E-state index contributed by atoms with van der Waals surface area (Å²) < 4.78 is 55.6. The van der Waals surface area contributed by atoms with E-state index in [0.717, 1.165) is 27.8 Å². The van der Waals surface area contributed by atoms with Gasteiger partial charge in [0.25, 0.3) is 10.0 Å². The molecule has 1 aliphatic carbocycles. The Balaban J connectivity index is 0.834. The van der Waals surface area contributed by atoms with Crippen LogP contribution in [0.1, 0.15) is 203 Å². The van der Waals surface area contributed by atoms with Gasteiger partial charge in [-0.25, -0.2) is 22.7 Å². The first-order chi connectivity index (χ1) is 69.1. The highest BCUT2D eigenvalue weighted by Crippen LogP contribution is 2.46. The molecule has 0 bridgehead atoms. The zero-order valence-corrected chi connectivity index (χ0v) is 88.9. The van der Waals surface area contributed by atoms with Gasteiger partial charge in [-0.3, -0.25) is 58.1 Å². The molecular weight excluding hydrogens is 1920 g/mol. The maximum Gasteiger partial charge on any atom is 0.407 e. The number of likely N-dealkylation sites (tertiary alicyclic amines) is 1. The molecule has 2 aliphatic heterocycles. The van der Waals surface area contributed by atoms with Gasteiger partial charge in [-0.1, -0.05) is 190 Å². The Morgan fingerprint density at radius 2 is 1.01 bits per heavy atom. The van der Waals surface area contributed by atoms with Gasteiger partial charge in [0.15, 0.2) is 0 Å². The number of carbonyl (C=O) groups excluding carboxylic acids is 12. The summed E-state index contributed by atoms with van der Waals surface area (Å²) in [5.41, 5.74) is 4.90. The van der Waals surface area contributed by atoms with Gasteiger partial charge < -0.3 is 92.8 Å². The number of alkyl carbamates (subject to hydrolysis) is 1. The fourth-order valence-electron chi connectivity index (χ4n) is 18.7. The normalized spacial score (nSPS) is 16.2. The minimum Gasteiger partial charge on any atom is -0.487 e. The van der Waals surface area contributed by atoms with Crippen molar-refractivity contribution in [3.63, 3.8) is 0 Å². The van der Waals surface area contributed by atoms with Crippen LogP contribution in [0.5, 0.6) is 5.75 Å². The number of nitrogens with one attached hydrogen (secondary N) is 14. The molecule has 7 aromatic carbocycles. The molecule has 0 radical (unpaired) electrons. The first-order valence-corrected chi connectivity index (χ1v) is 53.7. The lowest BCUT2D eigenvalue weighted by Gasteiger charge is -2.37. The number of guanidine groups is 1. The predicted molar refractivity (Wildman–Crippen MR) is 561 cm³/mol. The molecule has 788 valence electrons. The number of carboxylic acid groups (broad SMARTS) is 1. The molecule has 0 spiro atoms. The Kier molecular flexibility index (Phi) is 40.9. The Morgan fingerprint density at radius 3 is 1.53 bits per heavy atom. The first-order valence-electron chi connectivity index (χ1n) is 49.5. The number of nitrogens with zero attached hydrogens (tertiary/aromatic N) is 1. The van der Waals surface area contributed by atoms with Crippen LogP contribution in [0.25, 0.3) is 11.1 Å². The number of hydrogen-bond donors (Lipinski definition) is 15. The molecule has 10 rings (SSSR count). The number of sulfonamides is 1. The van der Waals surface area contributed by atoms with Crippen molar-refractivity contribution in [3.05, 3.63) is 225 Å². The van der Waals surface area contributed by atoms with Crippen LogP contribution in [0.15, 0.2) is 175 Å². The molecular formula is C108H143N15O20S3. The van der Waals surface area contributed by atoms with E-state index in [-0.39, 0.29) is 87.0 Å². The second kappa shape index (κ2) is 51.9. The van der Waals surface area contributed by atoms with Crippen molar-refractivity contribution in [2.24, 2.45) is 5.92 Å². The number of amides is 12. The largest absolute Gasteiger partial charge is 0.487 e. The highest BCUT2D eigenvalue weighted by molar-refractivity contribution is 7.98. The third kappa shape index (κ3) is 30.9. The van der Waals surface area contributed by atoms with Crippen molar-refractivity contribution in [2.75, 3.05) is 50.3 Å². The van der Waals surface area contributed by atoms with Crippen molar-refractivity contribution in [3.8, 4) is 16.9 Å². The molecule has 35 nitrogen and oxygen atoms in total. The summed E-state index contributed by atoms with van der Waals surface area (Å²) in [5.74, 6) is -11.4. The van der Waals surface area contributed by atoms with E-state index in [1.165, 1.54) is 49.2 Å². The average Bonchev–Trinajstić information content (AvgIpc) is 1.70. The maximum atomic E-state index is 15.3. The number of fused-ring (bicyclic) bond motifs is 4. The van der Waals surface area contributed by atoms with Crippen LogP contribution < -0.4 is 73.3 Å². The van der Waals surface area contributed by atoms with Gasteiger partial charge in [-0.15, -0.1) is 0 Å². The van der Waals surface area contributed by atoms with Gasteiger partial charge in [0.1, 0.15) is 83.9 Å². The highest BCUT2D eigenvalue weighted by Gasteiger charge is 2.46. The quantitative estimate of drug-likeness (QED) is 0.00730. The Bertz CT molecular complexity index is 5770. The smallest absolute Gasteiger partial charge is 0.407 e. The van der Waals surface area contributed by atoms with Crippen LogP contribution in [0.4, 0.5) is 4.79 Å². The number of aliphatic carboxylic acids is 1. The minimum atomic E-state index is -4.41. The summed E-state index contributed by atoms with van der Waals surface area (Å²) in [6.07, 6.45) is 0.230. The van der Waals surface area contributed by atoms with Crippen molar-refractivity contribution in [2.45, 2.75) is 281 Å². The van der Waals surface area contributed by atoms with Gasteiger partial charge in [0.2, 0.25) is 70.9 Å². The van der Waals surface area contributed by atoms with E-state index in [9.17, 15) is 56.7 Å². The van der Waals surface area contributed by atoms with Crippen molar-refractivity contribution in [1.29, 1.82) is 5.41 Å². The van der Waals surface area contributed by atoms with Crippen molar-refractivity contribution >= 4 is 117 Å². The lowest BCUT2D eigenvalue weighted by atomic mass is 9.77. The van der Waals surface area contributed by atoms with E-state index in [1.54, 1.807) is 119 Å². The number of thioether (sulfide) groups is 2. The summed E-state index contributed by atoms with van der Waals surface area (Å²) in [4.78, 5) is 192. The van der Waals surface area contributed by atoms with E-state index >= 15 is 19.2 Å². The van der Waals surface area contributed by atoms with Gasteiger partial charge in [0, 0.05) is 37.4 Å². The molecule has 1 saturated heterocycles. The van der Waals surface area contributed by atoms with Gasteiger partial charge >= 0.3 is 12.1 Å². The molecule has 38 heteroatoms. The van der Waals surface area contributed by atoms with Crippen molar-refractivity contribution in [1.82, 2.24) is 73.4 Å². The summed E-state index contributed by atoms with van der Waals surface area (Å²) >= 11 is 2.66. The fraction of sp³-hybridized carbons (Fsp3) is 0.481. The van der Waals surface area contributed by atoms with E-state index in [0.29, 0.717) is 57.5 Å². The maximum absolute atomic E-state index is 15.3. The van der Waals surface area contributed by atoms with Gasteiger partial charge in [0.05, 0.1) is 41.3 Å². The molecule has 146 heavy (non-hydrogen) atoms. The third-order valence-corrected chi connectivity index (χ3v) is 29.0. The van der Waals surface area contributed by atoms with E-state index in [2.05, 4.69) is 68.5 Å². The Morgan fingerprint density at radius 1 is 0.541 bits per heavy atom. The van der Waals surface area contributed by atoms with Gasteiger partial charge in [-0.05, 0) is 227 Å². The fourth-order valence-corrected chi connectivity index (χ4v) is 21.1. The topological polar surface area (TPSA) is 497 Å². The second-order valence-electron chi connectivity index (χ2n) is 40.0. The summed E-state index contributed by atoms with van der Waals surface area (Å²) in [6, 6.07) is 36.9. The summed E-state index contributed by atoms with van der Waals surface area (Å²) in [5, 5.41) is 52.7. The van der Waals surface area contributed by atoms with Crippen LogP contribution >= 0.6 is 23.5 Å². The van der Waals surface area contributed by atoms with E-state index in [1.807, 2.05) is 153 Å². The first kappa shape index (κ1) is 115. The zero-order valence-electron chi connectivity index (χ0n) is 86.4. The molecule has 12 amide bonds. The lowest BCUT2D eigenvalue weighted by Crippen LogP contribution is -2.64. The Labute approximate surface area is 864 Å². The minimum absolute atomic E-state index is 0.0146. The molecule has 0 aromatic heterocycles. The van der Waals surface area contributed by atoms with Gasteiger partial charge in [-0.2, -0.15) is 23.5 Å². The summed E-state index contributed by atoms with van der Waals surface area (Å²) in [6.45, 7) is 26.2. The molecule has 0 saturated carbocycles. The predicted octanol–water partition coefficient (Wildman–Crippen LogP) is 9.61. The number of hydrogen-bond acceptors (Lipinski definition) is 22. The zero-order chi connectivity index (χ0) is 107. The Hall–Kier alpha value is -12.9. The van der Waals surface area contributed by atoms with Crippen LogP contribution in [0, 0.1) is 32.1 Å². The second-order valence-corrected chi connectivity index (χ2v) is 43.6. The number of ether oxygens (including phenoxy) is 4. The third-order valence-electron chi connectivity index (χ3n) is 26.1. The molecule has 0 unspecified atom stereocenters. The van der Waals surface area contributed by atoms with Crippen molar-refractivity contribution < 1.29 is 94.8 Å². The lowest BCUT2D eigenvalue weighted by molar-refractivity contribution is -0.147. The summed E-state index contributed by atoms with van der Waals surface area (Å²) in [7, 11) is -4.41. The number of rotatable bonds is 49.